The molecule has 23 heavy (non-hydrogen) atoms. The zero-order valence-corrected chi connectivity index (χ0v) is 16.6. The van der Waals surface area contributed by atoms with Crippen molar-refractivity contribution in [3.05, 3.63) is 55.6 Å². The van der Waals surface area contributed by atoms with Crippen LogP contribution < -0.4 is 14.8 Å². The Kier molecular flexibility index (Phi) is 6.71. The molecule has 0 aliphatic heterocycles. The van der Waals surface area contributed by atoms with Crippen LogP contribution in [0.4, 0.5) is 0 Å². The molecule has 0 atom stereocenters. The Bertz CT molecular complexity index is 706. The van der Waals surface area contributed by atoms with Gasteiger partial charge < -0.3 is 14.8 Å². The molecular weight excluding hydrogens is 473 g/mol. The number of ether oxygens (including phenoxy) is 2. The van der Waals surface area contributed by atoms with Gasteiger partial charge in [0.05, 0.1) is 14.2 Å². The summed E-state index contributed by atoms with van der Waals surface area (Å²) in [7, 11) is 3.21. The molecule has 2 aromatic rings. The monoisotopic (exact) mass is 489 g/mol. The van der Waals surface area contributed by atoms with E-state index in [1.807, 2.05) is 36.4 Å². The molecule has 0 heterocycles. The summed E-state index contributed by atoms with van der Waals surface area (Å²) in [4.78, 5) is 12.1. The van der Waals surface area contributed by atoms with Crippen molar-refractivity contribution < 1.29 is 14.3 Å². The van der Waals surface area contributed by atoms with Crippen LogP contribution in [0.3, 0.4) is 0 Å². The van der Waals surface area contributed by atoms with Crippen LogP contribution in [0.5, 0.6) is 11.5 Å². The van der Waals surface area contributed by atoms with Crippen molar-refractivity contribution in [3.8, 4) is 11.5 Å². The van der Waals surface area contributed by atoms with Gasteiger partial charge in [0.15, 0.2) is 11.5 Å². The first-order valence-corrected chi connectivity index (χ1v) is 8.86. The average molecular weight is 490 g/mol. The fourth-order valence-corrected chi connectivity index (χ4v) is 3.19. The van der Waals surface area contributed by atoms with Gasteiger partial charge in [0, 0.05) is 20.2 Å². The number of carbonyl (C=O) groups is 1. The van der Waals surface area contributed by atoms with E-state index in [1.54, 1.807) is 14.2 Å². The third kappa shape index (κ3) is 4.84. The average Bonchev–Trinajstić information content (AvgIpc) is 2.55. The smallest absolute Gasteiger partial charge is 0.251 e. The molecule has 0 aromatic heterocycles. The summed E-state index contributed by atoms with van der Waals surface area (Å²) in [6.07, 6.45) is 0.691. The summed E-state index contributed by atoms with van der Waals surface area (Å²) < 4.78 is 12.5. The van der Waals surface area contributed by atoms with E-state index < -0.39 is 0 Å². The molecule has 2 aromatic carbocycles. The molecule has 1 amide bonds. The molecule has 0 saturated carbocycles. The molecule has 4 nitrogen and oxygen atoms in total. The molecule has 0 radical (unpaired) electrons. The lowest BCUT2D eigenvalue weighted by Crippen LogP contribution is -2.25. The Morgan fingerprint density at radius 3 is 2.52 bits per heavy atom. The lowest BCUT2D eigenvalue weighted by molar-refractivity contribution is 0.0954. The van der Waals surface area contributed by atoms with Crippen molar-refractivity contribution in [1.82, 2.24) is 5.32 Å². The second-order valence-corrected chi connectivity index (χ2v) is 6.91. The minimum absolute atomic E-state index is 0.0693. The molecule has 0 bridgehead atoms. The Balaban J connectivity index is 2.00. The summed E-state index contributed by atoms with van der Waals surface area (Å²) in [5.41, 5.74) is 1.72. The standard InChI is InChI=1S/C17H17BrINO3/c1-22-15-9-11(14(18)10-16(15)23-2)6-7-20-17(21)12-4-3-5-13(19)8-12/h3-5,8-10H,6-7H2,1-2H3,(H,20,21). The fraction of sp³-hybridized carbons (Fsp3) is 0.235. The molecule has 122 valence electrons. The SMILES string of the molecule is COc1cc(Br)c(CCNC(=O)c2cccc(I)c2)cc1OC. The van der Waals surface area contributed by atoms with Crippen LogP contribution >= 0.6 is 38.5 Å². The third-order valence-corrected chi connectivity index (χ3v) is 4.73. The first kappa shape index (κ1) is 18.1. The van der Waals surface area contributed by atoms with E-state index in [0.29, 0.717) is 30.0 Å². The van der Waals surface area contributed by atoms with E-state index in [1.165, 1.54) is 0 Å². The topological polar surface area (TPSA) is 47.6 Å². The summed E-state index contributed by atoms with van der Waals surface area (Å²) in [5, 5.41) is 2.93. The number of hydrogen-bond acceptors (Lipinski definition) is 3. The van der Waals surface area contributed by atoms with E-state index in [9.17, 15) is 4.79 Å². The Morgan fingerprint density at radius 1 is 1.17 bits per heavy atom. The van der Waals surface area contributed by atoms with Crippen LogP contribution in [-0.2, 0) is 6.42 Å². The van der Waals surface area contributed by atoms with Crippen molar-refractivity contribution in [3.63, 3.8) is 0 Å². The number of methoxy groups -OCH3 is 2. The van der Waals surface area contributed by atoms with E-state index >= 15 is 0 Å². The Hall–Kier alpha value is -1.28. The number of nitrogens with one attached hydrogen (secondary N) is 1. The maximum atomic E-state index is 12.1. The number of halogens is 2. The van der Waals surface area contributed by atoms with Crippen LogP contribution in [0.2, 0.25) is 0 Å². The molecule has 0 fully saturated rings. The summed E-state index contributed by atoms with van der Waals surface area (Å²) in [6, 6.07) is 11.3. The van der Waals surface area contributed by atoms with Gasteiger partial charge in [-0.2, -0.15) is 0 Å². The van der Waals surface area contributed by atoms with Crippen LogP contribution in [0, 0.1) is 3.57 Å². The first-order valence-electron chi connectivity index (χ1n) is 6.99. The lowest BCUT2D eigenvalue weighted by atomic mass is 10.1. The second kappa shape index (κ2) is 8.54. The maximum absolute atomic E-state index is 12.1. The zero-order valence-electron chi connectivity index (χ0n) is 12.9. The number of rotatable bonds is 6. The van der Waals surface area contributed by atoms with Gasteiger partial charge in [0.2, 0.25) is 0 Å². The molecular formula is C17H17BrINO3. The molecule has 0 saturated heterocycles. The van der Waals surface area contributed by atoms with E-state index in [2.05, 4.69) is 43.8 Å². The van der Waals surface area contributed by atoms with Gasteiger partial charge in [-0.15, -0.1) is 0 Å². The Labute approximate surface area is 157 Å². The van der Waals surface area contributed by atoms with Gasteiger partial charge >= 0.3 is 0 Å². The van der Waals surface area contributed by atoms with Gasteiger partial charge in [0.1, 0.15) is 0 Å². The van der Waals surface area contributed by atoms with Crippen LogP contribution in [0.15, 0.2) is 40.9 Å². The highest BCUT2D eigenvalue weighted by atomic mass is 127. The quantitative estimate of drug-likeness (QED) is 0.623. The minimum Gasteiger partial charge on any atom is -0.493 e. The van der Waals surface area contributed by atoms with Gasteiger partial charge in [0.25, 0.3) is 5.91 Å². The molecule has 0 aliphatic carbocycles. The molecule has 6 heteroatoms. The van der Waals surface area contributed by atoms with E-state index in [-0.39, 0.29) is 5.91 Å². The maximum Gasteiger partial charge on any atom is 0.251 e. The van der Waals surface area contributed by atoms with Crippen LogP contribution in [0.1, 0.15) is 15.9 Å². The van der Waals surface area contributed by atoms with E-state index in [4.69, 9.17) is 9.47 Å². The summed E-state index contributed by atoms with van der Waals surface area (Å²) in [6.45, 7) is 0.540. The summed E-state index contributed by atoms with van der Waals surface area (Å²) in [5.74, 6) is 1.28. The molecule has 1 N–H and O–H groups in total. The molecule has 0 unspecified atom stereocenters. The van der Waals surface area contributed by atoms with Crippen molar-refractivity contribution >= 4 is 44.4 Å². The van der Waals surface area contributed by atoms with E-state index in [0.717, 1.165) is 13.6 Å². The first-order chi connectivity index (χ1) is 11.0. The molecule has 0 spiro atoms. The van der Waals surface area contributed by atoms with Gasteiger partial charge in [-0.25, -0.2) is 0 Å². The van der Waals surface area contributed by atoms with Crippen molar-refractivity contribution in [2.75, 3.05) is 20.8 Å². The van der Waals surface area contributed by atoms with Gasteiger partial charge in [-0.3, -0.25) is 4.79 Å². The van der Waals surface area contributed by atoms with Crippen molar-refractivity contribution in [2.24, 2.45) is 0 Å². The highest BCUT2D eigenvalue weighted by Crippen LogP contribution is 2.33. The molecule has 2 rings (SSSR count). The highest BCUT2D eigenvalue weighted by Gasteiger charge is 2.10. The predicted molar refractivity (Wildman–Crippen MR) is 102 cm³/mol. The zero-order chi connectivity index (χ0) is 16.8. The van der Waals surface area contributed by atoms with Gasteiger partial charge in [-0.05, 0) is 64.9 Å². The number of carbonyl (C=O) groups excluding carboxylic acids is 1. The minimum atomic E-state index is -0.0693. The number of amides is 1. The van der Waals surface area contributed by atoms with Crippen LogP contribution in [0.25, 0.3) is 0 Å². The normalized spacial score (nSPS) is 10.3. The highest BCUT2D eigenvalue weighted by molar-refractivity contribution is 14.1. The lowest BCUT2D eigenvalue weighted by Gasteiger charge is -2.12. The van der Waals surface area contributed by atoms with Gasteiger partial charge in [-0.1, -0.05) is 22.0 Å². The van der Waals surface area contributed by atoms with Crippen molar-refractivity contribution in [1.29, 1.82) is 0 Å². The fourth-order valence-electron chi connectivity index (χ4n) is 2.13. The number of benzene rings is 2. The van der Waals surface area contributed by atoms with Crippen molar-refractivity contribution in [2.45, 2.75) is 6.42 Å². The van der Waals surface area contributed by atoms with Crippen LogP contribution in [-0.4, -0.2) is 26.7 Å². The second-order valence-electron chi connectivity index (χ2n) is 4.81. The predicted octanol–water partition coefficient (Wildman–Crippen LogP) is 4.04. The molecule has 0 aliphatic rings. The largest absolute Gasteiger partial charge is 0.493 e. The number of hydrogen-bond donors (Lipinski definition) is 1. The Morgan fingerprint density at radius 2 is 1.87 bits per heavy atom. The summed E-state index contributed by atoms with van der Waals surface area (Å²) >= 11 is 5.72. The third-order valence-electron chi connectivity index (χ3n) is 3.32.